The second-order valence-corrected chi connectivity index (χ2v) is 5.34. The third kappa shape index (κ3) is 4.32. The predicted molar refractivity (Wildman–Crippen MR) is 74.4 cm³/mol. The van der Waals surface area contributed by atoms with E-state index in [9.17, 15) is 5.11 Å². The van der Waals surface area contributed by atoms with Crippen molar-refractivity contribution in [3.63, 3.8) is 0 Å². The lowest BCUT2D eigenvalue weighted by Gasteiger charge is -2.29. The van der Waals surface area contributed by atoms with E-state index in [2.05, 4.69) is 29.8 Å². The van der Waals surface area contributed by atoms with Crippen LogP contribution in [0.4, 0.5) is 0 Å². The lowest BCUT2D eigenvalue weighted by molar-refractivity contribution is 0.0871. The lowest BCUT2D eigenvalue weighted by atomic mass is 9.80. The monoisotopic (exact) mass is 300 g/mol. The quantitative estimate of drug-likeness (QED) is 0.824. The normalized spacial score (nSPS) is 11.5. The van der Waals surface area contributed by atoms with E-state index in [0.717, 1.165) is 29.5 Å². The standard InChI is InChI=1S/C14H21BrO2/c1-3-14(4-2,11-16)8-9-17-13-7-5-6-12(15)10-13/h5-7,10,16H,3-4,8-9,11H2,1-2H3. The predicted octanol–water partition coefficient (Wildman–Crippen LogP) is 4.02. The number of ether oxygens (including phenoxy) is 1. The van der Waals surface area contributed by atoms with Crippen molar-refractivity contribution in [1.29, 1.82) is 0 Å². The van der Waals surface area contributed by atoms with E-state index < -0.39 is 0 Å². The summed E-state index contributed by atoms with van der Waals surface area (Å²) in [5.74, 6) is 0.874. The fourth-order valence-electron chi connectivity index (χ4n) is 1.85. The van der Waals surface area contributed by atoms with Gasteiger partial charge >= 0.3 is 0 Å². The van der Waals surface area contributed by atoms with Gasteiger partial charge in [0.2, 0.25) is 0 Å². The summed E-state index contributed by atoms with van der Waals surface area (Å²) in [6, 6.07) is 7.84. The van der Waals surface area contributed by atoms with E-state index in [0.29, 0.717) is 6.61 Å². The maximum absolute atomic E-state index is 9.45. The third-order valence-corrected chi connectivity index (χ3v) is 4.03. The van der Waals surface area contributed by atoms with Gasteiger partial charge in [-0.1, -0.05) is 35.8 Å². The molecule has 1 aromatic carbocycles. The Balaban J connectivity index is 2.46. The van der Waals surface area contributed by atoms with Gasteiger partial charge < -0.3 is 9.84 Å². The highest BCUT2D eigenvalue weighted by Gasteiger charge is 2.24. The SMILES string of the molecule is CCC(CC)(CO)CCOc1cccc(Br)c1. The summed E-state index contributed by atoms with van der Waals surface area (Å²) in [5, 5.41) is 9.45. The Morgan fingerprint density at radius 3 is 2.53 bits per heavy atom. The minimum atomic E-state index is 0.0199. The number of benzene rings is 1. The molecule has 0 unspecified atom stereocenters. The zero-order chi connectivity index (χ0) is 12.7. The van der Waals surface area contributed by atoms with Gasteiger partial charge in [-0.2, -0.15) is 0 Å². The Kier molecular flexibility index (Phi) is 6.00. The Morgan fingerprint density at radius 2 is 2.00 bits per heavy atom. The molecule has 2 nitrogen and oxygen atoms in total. The number of halogens is 1. The molecule has 1 aromatic rings. The molecule has 0 aromatic heterocycles. The Hall–Kier alpha value is -0.540. The van der Waals surface area contributed by atoms with Gasteiger partial charge in [0.05, 0.1) is 6.61 Å². The smallest absolute Gasteiger partial charge is 0.120 e. The topological polar surface area (TPSA) is 29.5 Å². The van der Waals surface area contributed by atoms with E-state index in [1.165, 1.54) is 0 Å². The molecule has 3 heteroatoms. The summed E-state index contributed by atoms with van der Waals surface area (Å²) < 4.78 is 6.73. The molecule has 0 bridgehead atoms. The van der Waals surface area contributed by atoms with Crippen LogP contribution in [-0.4, -0.2) is 18.3 Å². The molecule has 0 saturated heterocycles. The molecule has 0 saturated carbocycles. The van der Waals surface area contributed by atoms with Crippen molar-refractivity contribution >= 4 is 15.9 Å². The van der Waals surface area contributed by atoms with Crippen LogP contribution >= 0.6 is 15.9 Å². The van der Waals surface area contributed by atoms with Crippen molar-refractivity contribution in [1.82, 2.24) is 0 Å². The second kappa shape index (κ2) is 7.02. The fraction of sp³-hybridized carbons (Fsp3) is 0.571. The van der Waals surface area contributed by atoms with Gasteiger partial charge in [-0.3, -0.25) is 0 Å². The van der Waals surface area contributed by atoms with Crippen LogP contribution in [0.5, 0.6) is 5.75 Å². The molecule has 96 valence electrons. The van der Waals surface area contributed by atoms with Crippen molar-refractivity contribution in [3.05, 3.63) is 28.7 Å². The number of rotatable bonds is 7. The van der Waals surface area contributed by atoms with Crippen LogP contribution in [0.2, 0.25) is 0 Å². The maximum atomic E-state index is 9.45. The summed E-state index contributed by atoms with van der Waals surface area (Å²) >= 11 is 3.41. The molecule has 1 rings (SSSR count). The first-order valence-corrected chi connectivity index (χ1v) is 6.94. The van der Waals surface area contributed by atoms with Crippen molar-refractivity contribution in [2.45, 2.75) is 33.1 Å². The summed E-state index contributed by atoms with van der Waals surface area (Å²) in [6.45, 7) is 5.14. The molecular formula is C14H21BrO2. The van der Waals surface area contributed by atoms with Gasteiger partial charge in [0, 0.05) is 11.1 Å². The number of aliphatic hydroxyl groups excluding tert-OH is 1. The summed E-state index contributed by atoms with van der Waals surface area (Å²) in [7, 11) is 0. The van der Waals surface area contributed by atoms with Crippen molar-refractivity contribution in [3.8, 4) is 5.75 Å². The Morgan fingerprint density at radius 1 is 1.29 bits per heavy atom. The lowest BCUT2D eigenvalue weighted by Crippen LogP contribution is -2.26. The molecule has 0 aliphatic heterocycles. The van der Waals surface area contributed by atoms with Crippen molar-refractivity contribution < 1.29 is 9.84 Å². The molecule has 0 aliphatic rings. The first-order valence-electron chi connectivity index (χ1n) is 6.15. The summed E-state index contributed by atoms with van der Waals surface area (Å²) in [6.07, 6.45) is 2.87. The van der Waals surface area contributed by atoms with Crippen LogP contribution in [0.25, 0.3) is 0 Å². The molecular weight excluding hydrogens is 280 g/mol. The Labute approximate surface area is 112 Å². The van der Waals surface area contributed by atoms with Crippen LogP contribution in [0.15, 0.2) is 28.7 Å². The van der Waals surface area contributed by atoms with E-state index in [1.807, 2.05) is 24.3 Å². The van der Waals surface area contributed by atoms with Crippen molar-refractivity contribution in [2.24, 2.45) is 5.41 Å². The number of hydrogen-bond acceptors (Lipinski definition) is 2. The van der Waals surface area contributed by atoms with Gasteiger partial charge in [-0.25, -0.2) is 0 Å². The summed E-state index contributed by atoms with van der Waals surface area (Å²) in [4.78, 5) is 0. The average molecular weight is 301 g/mol. The molecule has 0 fully saturated rings. The molecule has 0 radical (unpaired) electrons. The van der Waals surface area contributed by atoms with E-state index >= 15 is 0 Å². The molecule has 17 heavy (non-hydrogen) atoms. The van der Waals surface area contributed by atoms with Crippen LogP contribution in [0.3, 0.4) is 0 Å². The minimum Gasteiger partial charge on any atom is -0.494 e. The minimum absolute atomic E-state index is 0.0199. The van der Waals surface area contributed by atoms with Gasteiger partial charge in [0.25, 0.3) is 0 Å². The third-order valence-electron chi connectivity index (χ3n) is 3.53. The molecule has 0 atom stereocenters. The highest BCUT2D eigenvalue weighted by atomic mass is 79.9. The maximum Gasteiger partial charge on any atom is 0.120 e. The van der Waals surface area contributed by atoms with Gasteiger partial charge in [0.15, 0.2) is 0 Å². The Bertz CT molecular complexity index is 326. The van der Waals surface area contributed by atoms with Gasteiger partial charge in [0.1, 0.15) is 5.75 Å². The highest BCUT2D eigenvalue weighted by molar-refractivity contribution is 9.10. The average Bonchev–Trinajstić information content (AvgIpc) is 2.35. The molecule has 0 spiro atoms. The molecule has 0 amide bonds. The van der Waals surface area contributed by atoms with Crippen LogP contribution in [0, 0.1) is 5.41 Å². The van der Waals surface area contributed by atoms with Crippen LogP contribution in [0.1, 0.15) is 33.1 Å². The first kappa shape index (κ1) is 14.5. The fourth-order valence-corrected chi connectivity index (χ4v) is 2.23. The van der Waals surface area contributed by atoms with Crippen LogP contribution in [-0.2, 0) is 0 Å². The zero-order valence-electron chi connectivity index (χ0n) is 10.6. The van der Waals surface area contributed by atoms with E-state index in [1.54, 1.807) is 0 Å². The summed E-state index contributed by atoms with van der Waals surface area (Å²) in [5.41, 5.74) is 0.0199. The highest BCUT2D eigenvalue weighted by Crippen LogP contribution is 2.30. The zero-order valence-corrected chi connectivity index (χ0v) is 12.2. The van der Waals surface area contributed by atoms with E-state index in [-0.39, 0.29) is 12.0 Å². The number of hydrogen-bond donors (Lipinski definition) is 1. The second-order valence-electron chi connectivity index (χ2n) is 4.42. The van der Waals surface area contributed by atoms with Gasteiger partial charge in [-0.05, 0) is 42.9 Å². The van der Waals surface area contributed by atoms with E-state index in [4.69, 9.17) is 4.74 Å². The van der Waals surface area contributed by atoms with Gasteiger partial charge in [-0.15, -0.1) is 0 Å². The van der Waals surface area contributed by atoms with Crippen molar-refractivity contribution in [2.75, 3.05) is 13.2 Å². The molecule has 0 aliphatic carbocycles. The molecule has 0 heterocycles. The number of aliphatic hydroxyl groups is 1. The largest absolute Gasteiger partial charge is 0.494 e. The first-order chi connectivity index (χ1) is 8.15. The van der Waals surface area contributed by atoms with Crippen LogP contribution < -0.4 is 4.74 Å². The molecule has 1 N–H and O–H groups in total.